The normalized spacial score (nSPS) is 11.6. The quantitative estimate of drug-likeness (QED) is 0.654. The van der Waals surface area contributed by atoms with Crippen LogP contribution in [0.1, 0.15) is 24.3 Å². The fourth-order valence-corrected chi connectivity index (χ4v) is 3.96. The van der Waals surface area contributed by atoms with Crippen molar-refractivity contribution in [2.45, 2.75) is 13.8 Å². The van der Waals surface area contributed by atoms with Crippen LogP contribution in [0.3, 0.4) is 0 Å². The van der Waals surface area contributed by atoms with Gasteiger partial charge in [-0.05, 0) is 24.1 Å². The second-order valence-electron chi connectivity index (χ2n) is 6.55. The summed E-state index contributed by atoms with van der Waals surface area (Å²) in [6, 6.07) is 5.82. The van der Waals surface area contributed by atoms with Crippen LogP contribution in [-0.2, 0) is 10.0 Å². The zero-order chi connectivity index (χ0) is 20.3. The Hall–Kier alpha value is -3.14. The van der Waals surface area contributed by atoms with Crippen molar-refractivity contribution in [2.24, 2.45) is 5.92 Å². The fraction of sp³-hybridized carbons (Fsp3) is 0.222. The van der Waals surface area contributed by atoms with Crippen molar-refractivity contribution in [3.05, 3.63) is 54.4 Å². The number of carbonyl (C=O) groups excluding carboxylic acids is 1. The van der Waals surface area contributed by atoms with E-state index in [0.29, 0.717) is 10.9 Å². The smallest absolute Gasteiger partial charge is 0.275 e. The summed E-state index contributed by atoms with van der Waals surface area (Å²) in [4.78, 5) is 24.4. The third-order valence-corrected chi connectivity index (χ3v) is 5.24. The van der Waals surface area contributed by atoms with Crippen LogP contribution >= 0.6 is 0 Å². The molecule has 3 aromatic rings. The molecule has 2 N–H and O–H groups in total. The Labute approximate surface area is 161 Å². The molecule has 1 aromatic carbocycles. The number of carbonyl (C=O) groups is 1. The number of amides is 1. The van der Waals surface area contributed by atoms with Gasteiger partial charge >= 0.3 is 0 Å². The maximum atomic E-state index is 13.8. The van der Waals surface area contributed by atoms with E-state index in [9.17, 15) is 17.6 Å². The van der Waals surface area contributed by atoms with Gasteiger partial charge in [0.2, 0.25) is 10.0 Å². The van der Waals surface area contributed by atoms with E-state index < -0.39 is 21.7 Å². The van der Waals surface area contributed by atoms with Crippen LogP contribution in [0.5, 0.6) is 0 Å². The average molecular weight is 403 g/mol. The Bertz CT molecular complexity index is 1120. The molecule has 0 saturated heterocycles. The van der Waals surface area contributed by atoms with Crippen LogP contribution in [0.15, 0.2) is 42.9 Å². The highest BCUT2D eigenvalue weighted by Crippen LogP contribution is 2.23. The maximum Gasteiger partial charge on any atom is 0.275 e. The minimum atomic E-state index is -3.55. The number of benzene rings is 1. The second-order valence-corrected chi connectivity index (χ2v) is 8.31. The molecule has 0 fully saturated rings. The Morgan fingerprint density at radius 2 is 1.96 bits per heavy atom. The number of halogens is 1. The molecule has 0 aliphatic carbocycles. The van der Waals surface area contributed by atoms with Gasteiger partial charge in [0.1, 0.15) is 11.5 Å². The van der Waals surface area contributed by atoms with E-state index in [1.165, 1.54) is 12.3 Å². The summed E-state index contributed by atoms with van der Waals surface area (Å²) in [6.07, 6.45) is 3.82. The molecule has 0 aliphatic heterocycles. The van der Waals surface area contributed by atoms with Crippen molar-refractivity contribution in [1.29, 1.82) is 0 Å². The number of nitrogens with one attached hydrogen (secondary N) is 2. The molecule has 8 nitrogen and oxygen atoms in total. The number of pyridine rings is 1. The zero-order valence-corrected chi connectivity index (χ0v) is 16.0. The van der Waals surface area contributed by atoms with Crippen LogP contribution in [0, 0.1) is 11.7 Å². The first-order chi connectivity index (χ1) is 13.2. The number of hydrogen-bond acceptors (Lipinski definition) is 6. The second kappa shape index (κ2) is 7.85. The number of aromatic nitrogens is 3. The van der Waals surface area contributed by atoms with Crippen LogP contribution in [-0.4, -0.2) is 35.0 Å². The minimum absolute atomic E-state index is 0.00933. The van der Waals surface area contributed by atoms with Crippen molar-refractivity contribution in [1.82, 2.24) is 15.0 Å². The topological polar surface area (TPSA) is 114 Å². The van der Waals surface area contributed by atoms with Crippen LogP contribution in [0.25, 0.3) is 10.9 Å². The number of nitrogens with zero attached hydrogens (tertiary/aromatic N) is 3. The third kappa shape index (κ3) is 4.77. The van der Waals surface area contributed by atoms with Crippen LogP contribution in [0.2, 0.25) is 0 Å². The molecular weight excluding hydrogens is 385 g/mol. The first-order valence-electron chi connectivity index (χ1n) is 8.41. The first kappa shape index (κ1) is 19.6. The molecule has 0 aliphatic rings. The highest BCUT2D eigenvalue weighted by atomic mass is 32.2. The molecule has 0 atom stereocenters. The lowest BCUT2D eigenvalue weighted by Crippen LogP contribution is -2.21. The number of anilines is 2. The largest absolute Gasteiger partial charge is 0.319 e. The number of sulfonamides is 1. The molecule has 0 saturated carbocycles. The van der Waals surface area contributed by atoms with Gasteiger partial charge < -0.3 is 5.32 Å². The van der Waals surface area contributed by atoms with E-state index in [-0.39, 0.29) is 28.9 Å². The van der Waals surface area contributed by atoms with Gasteiger partial charge in [0.05, 0.1) is 29.4 Å². The lowest BCUT2D eigenvalue weighted by molar-refractivity contribution is 0.102. The highest BCUT2D eigenvalue weighted by Gasteiger charge is 2.16. The zero-order valence-electron chi connectivity index (χ0n) is 15.2. The lowest BCUT2D eigenvalue weighted by atomic mass is 10.2. The van der Waals surface area contributed by atoms with Gasteiger partial charge in [-0.1, -0.05) is 19.9 Å². The van der Waals surface area contributed by atoms with Crippen LogP contribution in [0.4, 0.5) is 15.9 Å². The molecular formula is C18H18FN5O3S. The molecule has 2 aromatic heterocycles. The summed E-state index contributed by atoms with van der Waals surface area (Å²) in [5.74, 6) is -1.24. The summed E-state index contributed by atoms with van der Waals surface area (Å²) in [5.41, 5.74) is 0.576. The first-order valence-corrected chi connectivity index (χ1v) is 10.1. The molecule has 10 heteroatoms. The molecule has 0 unspecified atom stereocenters. The Morgan fingerprint density at radius 1 is 1.18 bits per heavy atom. The molecule has 0 radical (unpaired) electrons. The Kier molecular flexibility index (Phi) is 5.50. The summed E-state index contributed by atoms with van der Waals surface area (Å²) in [7, 11) is -3.55. The standard InChI is InChI=1S/C18H18FN5O3S/c1-11(2)10-28(26,27)24-16-9-21-15(8-22-16)18(25)23-14-7-13(19)6-12-4-3-5-20-17(12)14/h3-9,11H,10H2,1-2H3,(H,22,24)(H,23,25). The third-order valence-electron chi connectivity index (χ3n) is 3.62. The molecule has 0 bridgehead atoms. The summed E-state index contributed by atoms with van der Waals surface area (Å²) >= 11 is 0. The van der Waals surface area contributed by atoms with Crippen molar-refractivity contribution in [2.75, 3.05) is 15.8 Å². The average Bonchev–Trinajstić information content (AvgIpc) is 2.60. The van der Waals surface area contributed by atoms with E-state index in [1.54, 1.807) is 26.0 Å². The van der Waals surface area contributed by atoms with Gasteiger partial charge in [-0.25, -0.2) is 22.8 Å². The van der Waals surface area contributed by atoms with Gasteiger partial charge in [0.25, 0.3) is 5.91 Å². The number of hydrogen-bond donors (Lipinski definition) is 2. The number of fused-ring (bicyclic) bond motifs is 1. The van der Waals surface area contributed by atoms with Gasteiger partial charge in [0.15, 0.2) is 5.82 Å². The van der Waals surface area contributed by atoms with Crippen LogP contribution < -0.4 is 10.0 Å². The summed E-state index contributed by atoms with van der Waals surface area (Å²) < 4.78 is 39.9. The lowest BCUT2D eigenvalue weighted by Gasteiger charge is -2.10. The van der Waals surface area contributed by atoms with Crippen molar-refractivity contribution < 1.29 is 17.6 Å². The van der Waals surface area contributed by atoms with Crippen molar-refractivity contribution in [3.63, 3.8) is 0 Å². The molecule has 28 heavy (non-hydrogen) atoms. The molecule has 146 valence electrons. The fourth-order valence-electron chi connectivity index (χ4n) is 2.58. The van der Waals surface area contributed by atoms with Crippen molar-refractivity contribution >= 4 is 38.3 Å². The van der Waals surface area contributed by atoms with E-state index in [4.69, 9.17) is 0 Å². The highest BCUT2D eigenvalue weighted by molar-refractivity contribution is 7.92. The van der Waals surface area contributed by atoms with Gasteiger partial charge in [-0.2, -0.15) is 0 Å². The number of rotatable bonds is 6. The summed E-state index contributed by atoms with van der Waals surface area (Å²) in [6.45, 7) is 3.56. The molecule has 1 amide bonds. The van der Waals surface area contributed by atoms with Crippen molar-refractivity contribution in [3.8, 4) is 0 Å². The maximum absolute atomic E-state index is 13.8. The van der Waals surface area contributed by atoms with E-state index >= 15 is 0 Å². The SMILES string of the molecule is CC(C)CS(=O)(=O)Nc1cnc(C(=O)Nc2cc(F)cc3cccnc23)cn1. The monoisotopic (exact) mass is 403 g/mol. The molecule has 2 heterocycles. The predicted molar refractivity (Wildman–Crippen MR) is 104 cm³/mol. The Balaban J connectivity index is 1.77. The van der Waals surface area contributed by atoms with Gasteiger partial charge in [0, 0.05) is 11.6 Å². The Morgan fingerprint density at radius 3 is 2.64 bits per heavy atom. The summed E-state index contributed by atoms with van der Waals surface area (Å²) in [5, 5.41) is 3.09. The van der Waals surface area contributed by atoms with Gasteiger partial charge in [-0.15, -0.1) is 0 Å². The predicted octanol–water partition coefficient (Wildman–Crippen LogP) is 2.81. The van der Waals surface area contributed by atoms with E-state index in [0.717, 1.165) is 18.5 Å². The minimum Gasteiger partial charge on any atom is -0.319 e. The van der Waals surface area contributed by atoms with E-state index in [2.05, 4.69) is 25.0 Å². The molecule has 0 spiro atoms. The van der Waals surface area contributed by atoms with E-state index in [1.807, 2.05) is 0 Å². The molecule has 3 rings (SSSR count). The van der Waals surface area contributed by atoms with Gasteiger partial charge in [-0.3, -0.25) is 14.5 Å².